The standard InChI is InChI=1S/C9H13O.C5H5.Fe/c10-8-4-3-7-9-5-1-2-6-9;1-2-4-5-3-1;/h1-2,5-6,10H,3-4,7-8H2;1-5H;/q-1;-5;. The van der Waals surface area contributed by atoms with Crippen LogP contribution in [0.5, 0.6) is 0 Å². The van der Waals surface area contributed by atoms with E-state index in [1.54, 1.807) is 0 Å². The zero-order valence-corrected chi connectivity index (χ0v) is 10.4. The van der Waals surface area contributed by atoms with Crippen LogP contribution in [-0.4, -0.2) is 11.7 Å². The summed E-state index contributed by atoms with van der Waals surface area (Å²) in [6.07, 6.45) is 3.12. The fourth-order valence-corrected chi connectivity index (χ4v) is 1.34. The largest absolute Gasteiger partial charge is 0.748 e. The van der Waals surface area contributed by atoms with Crippen LogP contribution in [0.4, 0.5) is 0 Å². The minimum Gasteiger partial charge on any atom is -0.748 e. The Balaban J connectivity index is 0.000000318. The van der Waals surface area contributed by atoms with Crippen molar-refractivity contribution in [3.05, 3.63) is 60.2 Å². The SMILES string of the molecule is OCCCC[c-]1cccc1.[Fe].[cH-]1[cH-][cH-][cH-][cH-]1. The van der Waals surface area contributed by atoms with Crippen LogP contribution in [0.1, 0.15) is 18.4 Å². The van der Waals surface area contributed by atoms with Crippen LogP contribution in [0.2, 0.25) is 0 Å². The van der Waals surface area contributed by atoms with Crippen LogP contribution in [0, 0.1) is 0 Å². The average molecular weight is 258 g/mol. The maximum Gasteiger partial charge on any atom is 0.0430 e. The maximum absolute atomic E-state index is 8.49. The van der Waals surface area contributed by atoms with E-state index in [0.717, 1.165) is 19.3 Å². The molecule has 2 heteroatoms. The Kier molecular flexibility index (Phi) is 10.1. The molecule has 2 aromatic carbocycles. The van der Waals surface area contributed by atoms with Crippen LogP contribution in [0.3, 0.4) is 0 Å². The molecule has 0 aromatic heterocycles. The predicted octanol–water partition coefficient (Wildman–Crippen LogP) is 3.12. The Labute approximate surface area is 108 Å². The molecule has 0 bridgehead atoms. The molecule has 1 nitrogen and oxygen atoms in total. The third kappa shape index (κ3) is 7.47. The zero-order valence-electron chi connectivity index (χ0n) is 9.33. The van der Waals surface area contributed by atoms with Gasteiger partial charge in [-0.1, -0.05) is 12.8 Å². The van der Waals surface area contributed by atoms with Gasteiger partial charge in [-0.3, -0.25) is 0 Å². The van der Waals surface area contributed by atoms with Crippen molar-refractivity contribution in [1.29, 1.82) is 0 Å². The fourth-order valence-electron chi connectivity index (χ4n) is 1.34. The van der Waals surface area contributed by atoms with Crippen LogP contribution >= 0.6 is 0 Å². The third-order valence-electron chi connectivity index (χ3n) is 2.16. The Hall–Kier alpha value is -0.821. The molecule has 0 heterocycles. The van der Waals surface area contributed by atoms with Gasteiger partial charge in [-0.05, 0) is 6.42 Å². The molecular weight excluding hydrogens is 240 g/mol. The summed E-state index contributed by atoms with van der Waals surface area (Å²) in [5, 5.41) is 8.49. The molecule has 0 spiro atoms. The zero-order chi connectivity index (χ0) is 10.8. The van der Waals surface area contributed by atoms with Crippen LogP contribution in [0.15, 0.2) is 54.6 Å². The number of unbranched alkanes of at least 4 members (excludes halogenated alkanes) is 1. The summed E-state index contributed by atoms with van der Waals surface area (Å²) in [7, 11) is 0. The van der Waals surface area contributed by atoms with Gasteiger partial charge in [-0.2, -0.15) is 17.7 Å². The van der Waals surface area contributed by atoms with Crippen molar-refractivity contribution >= 4 is 0 Å². The van der Waals surface area contributed by atoms with Crippen molar-refractivity contribution < 1.29 is 22.2 Å². The topological polar surface area (TPSA) is 20.2 Å². The van der Waals surface area contributed by atoms with E-state index in [1.807, 2.05) is 42.5 Å². The molecule has 94 valence electrons. The molecule has 16 heavy (non-hydrogen) atoms. The van der Waals surface area contributed by atoms with E-state index in [9.17, 15) is 0 Å². The van der Waals surface area contributed by atoms with Crippen LogP contribution < -0.4 is 0 Å². The second-order valence-corrected chi connectivity index (χ2v) is 3.44. The molecule has 0 saturated carbocycles. The summed E-state index contributed by atoms with van der Waals surface area (Å²) in [5.41, 5.74) is 1.38. The molecule has 0 saturated heterocycles. The fraction of sp³-hybridized carbons (Fsp3) is 0.286. The summed E-state index contributed by atoms with van der Waals surface area (Å²) < 4.78 is 0. The Bertz CT molecular complexity index is 280. The Morgan fingerprint density at radius 1 is 0.875 bits per heavy atom. The summed E-state index contributed by atoms with van der Waals surface area (Å²) >= 11 is 0. The van der Waals surface area contributed by atoms with E-state index in [0.29, 0.717) is 6.61 Å². The minimum atomic E-state index is 0. The van der Waals surface area contributed by atoms with Gasteiger partial charge in [0.25, 0.3) is 0 Å². The molecule has 0 radical (unpaired) electrons. The quantitative estimate of drug-likeness (QED) is 0.507. The molecule has 0 atom stereocenters. The van der Waals surface area contributed by atoms with Crippen molar-refractivity contribution in [1.82, 2.24) is 0 Å². The average Bonchev–Trinajstić information content (AvgIpc) is 2.94. The molecule has 0 unspecified atom stereocenters. The van der Waals surface area contributed by atoms with Crippen LogP contribution in [-0.2, 0) is 23.5 Å². The summed E-state index contributed by atoms with van der Waals surface area (Å²) in [5.74, 6) is 0. The first-order valence-electron chi connectivity index (χ1n) is 5.41. The number of hydrogen-bond acceptors (Lipinski definition) is 1. The number of aliphatic hydroxyl groups is 1. The molecule has 1 N–H and O–H groups in total. The van der Waals surface area contributed by atoms with Crippen molar-refractivity contribution in [2.75, 3.05) is 6.61 Å². The third-order valence-corrected chi connectivity index (χ3v) is 2.16. The first-order valence-corrected chi connectivity index (χ1v) is 5.41. The van der Waals surface area contributed by atoms with E-state index < -0.39 is 0 Å². The van der Waals surface area contributed by atoms with Gasteiger partial charge in [0.1, 0.15) is 0 Å². The molecule has 0 aliphatic heterocycles. The van der Waals surface area contributed by atoms with E-state index in [2.05, 4.69) is 12.1 Å². The first kappa shape index (κ1) is 15.2. The van der Waals surface area contributed by atoms with E-state index in [-0.39, 0.29) is 17.1 Å². The van der Waals surface area contributed by atoms with Gasteiger partial charge in [0.15, 0.2) is 0 Å². The molecule has 2 aromatic rings. The first-order chi connectivity index (χ1) is 7.43. The predicted molar refractivity (Wildman–Crippen MR) is 64.1 cm³/mol. The smallest absolute Gasteiger partial charge is 0.0430 e. The Morgan fingerprint density at radius 2 is 1.38 bits per heavy atom. The van der Waals surface area contributed by atoms with E-state index >= 15 is 0 Å². The van der Waals surface area contributed by atoms with Gasteiger partial charge in [-0.25, -0.2) is 12.1 Å². The maximum atomic E-state index is 8.49. The molecule has 0 amide bonds. The minimum absolute atomic E-state index is 0. The van der Waals surface area contributed by atoms with E-state index in [1.165, 1.54) is 5.56 Å². The number of hydrogen-bond donors (Lipinski definition) is 1. The summed E-state index contributed by atoms with van der Waals surface area (Å²) in [6.45, 7) is 0.320. The van der Waals surface area contributed by atoms with Crippen molar-refractivity contribution in [2.24, 2.45) is 0 Å². The monoisotopic (exact) mass is 258 g/mol. The molecule has 2 rings (SSSR count). The molecule has 0 aliphatic rings. The van der Waals surface area contributed by atoms with Gasteiger partial charge in [-0.15, -0.1) is 0 Å². The van der Waals surface area contributed by atoms with Gasteiger partial charge in [0, 0.05) is 23.7 Å². The van der Waals surface area contributed by atoms with Crippen molar-refractivity contribution in [3.63, 3.8) is 0 Å². The molecule has 0 fully saturated rings. The second kappa shape index (κ2) is 10.7. The van der Waals surface area contributed by atoms with Crippen molar-refractivity contribution in [3.8, 4) is 0 Å². The summed E-state index contributed by atoms with van der Waals surface area (Å²) in [6, 6.07) is 18.3. The van der Waals surface area contributed by atoms with Gasteiger partial charge < -0.3 is 35.4 Å². The number of rotatable bonds is 4. The molecular formula is C14H18FeO-6. The van der Waals surface area contributed by atoms with Gasteiger partial charge in [0.2, 0.25) is 0 Å². The Morgan fingerprint density at radius 3 is 1.81 bits per heavy atom. The number of aliphatic hydroxyl groups excluding tert-OH is 1. The molecule has 0 aliphatic carbocycles. The summed E-state index contributed by atoms with van der Waals surface area (Å²) in [4.78, 5) is 0. The second-order valence-electron chi connectivity index (χ2n) is 3.44. The van der Waals surface area contributed by atoms with Gasteiger partial charge >= 0.3 is 0 Å². The number of aryl methyl sites for hydroxylation is 1. The van der Waals surface area contributed by atoms with Crippen LogP contribution in [0.25, 0.3) is 0 Å². The normalized spacial score (nSPS) is 8.81. The van der Waals surface area contributed by atoms with Crippen molar-refractivity contribution in [2.45, 2.75) is 19.3 Å². The van der Waals surface area contributed by atoms with Gasteiger partial charge in [0.05, 0.1) is 0 Å². The van der Waals surface area contributed by atoms with E-state index in [4.69, 9.17) is 5.11 Å².